The highest BCUT2D eigenvalue weighted by Gasteiger charge is 2.25. The molecule has 88 valence electrons. The molecule has 1 N–H and O–H groups in total. The van der Waals surface area contributed by atoms with Gasteiger partial charge in [-0.2, -0.15) is 0 Å². The van der Waals surface area contributed by atoms with Crippen molar-refractivity contribution < 1.29 is 9.90 Å². The minimum Gasteiger partial charge on any atom is -0.481 e. The van der Waals surface area contributed by atoms with Crippen molar-refractivity contribution in [1.29, 1.82) is 0 Å². The number of carboxylic acid groups (broad SMARTS) is 1. The van der Waals surface area contributed by atoms with Crippen molar-refractivity contribution in [2.45, 2.75) is 19.4 Å². The van der Waals surface area contributed by atoms with Crippen molar-refractivity contribution >= 4 is 5.97 Å². The Hall–Kier alpha value is -1.43. The van der Waals surface area contributed by atoms with Gasteiger partial charge in [-0.3, -0.25) is 9.69 Å². The average Bonchev–Trinajstić information content (AvgIpc) is 2.77. The maximum absolute atomic E-state index is 10.6. The molecule has 1 aromatic heterocycles. The zero-order valence-electron chi connectivity index (χ0n) is 9.33. The van der Waals surface area contributed by atoms with E-state index in [1.165, 1.54) is 0 Å². The first kappa shape index (κ1) is 11.1. The maximum Gasteiger partial charge on any atom is 0.303 e. The summed E-state index contributed by atoms with van der Waals surface area (Å²) >= 11 is 0. The van der Waals surface area contributed by atoms with E-state index in [4.69, 9.17) is 5.11 Å². The summed E-state index contributed by atoms with van der Waals surface area (Å²) in [5.74, 6) is 0.507. The Kier molecular flexibility index (Phi) is 3.19. The Labute approximate surface area is 93.9 Å². The second-order valence-corrected chi connectivity index (χ2v) is 4.35. The molecule has 0 amide bonds. The van der Waals surface area contributed by atoms with E-state index in [1.807, 2.05) is 11.6 Å². The van der Waals surface area contributed by atoms with Crippen LogP contribution in [0.15, 0.2) is 6.33 Å². The lowest BCUT2D eigenvalue weighted by molar-refractivity contribution is -0.138. The van der Waals surface area contributed by atoms with Crippen molar-refractivity contribution in [3.8, 4) is 0 Å². The third-order valence-corrected chi connectivity index (χ3v) is 3.00. The van der Waals surface area contributed by atoms with Gasteiger partial charge in [0, 0.05) is 20.0 Å². The van der Waals surface area contributed by atoms with Gasteiger partial charge in [0.2, 0.25) is 0 Å². The molecule has 2 heterocycles. The molecule has 2 rings (SSSR count). The van der Waals surface area contributed by atoms with Crippen molar-refractivity contribution in [3.05, 3.63) is 12.2 Å². The van der Waals surface area contributed by atoms with Gasteiger partial charge in [0.25, 0.3) is 0 Å². The second-order valence-electron chi connectivity index (χ2n) is 4.35. The third kappa shape index (κ3) is 2.57. The number of hydrogen-bond acceptors (Lipinski definition) is 4. The first-order valence-corrected chi connectivity index (χ1v) is 5.42. The van der Waals surface area contributed by atoms with Crippen molar-refractivity contribution in [1.82, 2.24) is 19.7 Å². The number of nitrogens with zero attached hydrogens (tertiary/aromatic N) is 4. The predicted octanol–water partition coefficient (Wildman–Crippen LogP) is 0.112. The summed E-state index contributed by atoms with van der Waals surface area (Å²) in [7, 11) is 1.92. The summed E-state index contributed by atoms with van der Waals surface area (Å²) in [5.41, 5.74) is 0. The molecule has 1 aromatic rings. The van der Waals surface area contributed by atoms with Crippen LogP contribution >= 0.6 is 0 Å². The lowest BCUT2D eigenvalue weighted by Gasteiger charge is -2.14. The molecule has 6 heteroatoms. The standard InChI is InChI=1S/C10H16N4O2/c1-13-7-11-12-9(13)6-14-3-2-8(5-14)4-10(15)16/h7-8H,2-6H2,1H3,(H,15,16). The fraction of sp³-hybridized carbons (Fsp3) is 0.700. The van der Waals surface area contributed by atoms with Gasteiger partial charge in [-0.05, 0) is 18.9 Å². The molecule has 0 spiro atoms. The van der Waals surface area contributed by atoms with Gasteiger partial charge in [0.05, 0.1) is 6.54 Å². The van der Waals surface area contributed by atoms with Gasteiger partial charge < -0.3 is 9.67 Å². The molecule has 0 radical (unpaired) electrons. The second kappa shape index (κ2) is 4.61. The summed E-state index contributed by atoms with van der Waals surface area (Å²) < 4.78 is 1.89. The zero-order chi connectivity index (χ0) is 11.5. The van der Waals surface area contributed by atoms with Crippen LogP contribution in [0.5, 0.6) is 0 Å². The van der Waals surface area contributed by atoms with E-state index >= 15 is 0 Å². The normalized spacial score (nSPS) is 21.4. The van der Waals surface area contributed by atoms with E-state index in [1.54, 1.807) is 6.33 Å². The summed E-state index contributed by atoms with van der Waals surface area (Å²) in [4.78, 5) is 12.8. The molecule has 1 aliphatic heterocycles. The topological polar surface area (TPSA) is 71.2 Å². The lowest BCUT2D eigenvalue weighted by atomic mass is 10.1. The van der Waals surface area contributed by atoms with E-state index in [9.17, 15) is 4.79 Å². The maximum atomic E-state index is 10.6. The van der Waals surface area contributed by atoms with Gasteiger partial charge in [0.1, 0.15) is 12.2 Å². The molecule has 0 bridgehead atoms. The van der Waals surface area contributed by atoms with Crippen LogP contribution in [0.3, 0.4) is 0 Å². The lowest BCUT2D eigenvalue weighted by Crippen LogP contribution is -2.22. The smallest absolute Gasteiger partial charge is 0.303 e. The van der Waals surface area contributed by atoms with Gasteiger partial charge in [0.15, 0.2) is 0 Å². The molecular formula is C10H16N4O2. The SMILES string of the molecule is Cn1cnnc1CN1CCC(CC(=O)O)C1. The first-order valence-electron chi connectivity index (χ1n) is 5.42. The van der Waals surface area contributed by atoms with Gasteiger partial charge in [-0.1, -0.05) is 0 Å². The van der Waals surface area contributed by atoms with E-state index in [0.29, 0.717) is 0 Å². The minimum absolute atomic E-state index is 0.273. The number of aromatic nitrogens is 3. The highest BCUT2D eigenvalue weighted by atomic mass is 16.4. The highest BCUT2D eigenvalue weighted by molar-refractivity contribution is 5.67. The quantitative estimate of drug-likeness (QED) is 0.786. The molecule has 1 unspecified atom stereocenters. The fourth-order valence-corrected chi connectivity index (χ4v) is 2.12. The third-order valence-electron chi connectivity index (χ3n) is 3.00. The molecule has 0 saturated carbocycles. The minimum atomic E-state index is -0.703. The number of carboxylic acids is 1. The zero-order valence-corrected chi connectivity index (χ0v) is 9.33. The van der Waals surface area contributed by atoms with Crippen LogP contribution < -0.4 is 0 Å². The molecule has 1 fully saturated rings. The largest absolute Gasteiger partial charge is 0.481 e. The predicted molar refractivity (Wildman–Crippen MR) is 56.6 cm³/mol. The van der Waals surface area contributed by atoms with Gasteiger partial charge in [-0.15, -0.1) is 10.2 Å². The fourth-order valence-electron chi connectivity index (χ4n) is 2.12. The Morgan fingerprint density at radius 3 is 3.12 bits per heavy atom. The van der Waals surface area contributed by atoms with Crippen LogP contribution in [0.4, 0.5) is 0 Å². The summed E-state index contributed by atoms with van der Waals surface area (Å²) in [6.07, 6.45) is 2.92. The van der Waals surface area contributed by atoms with Crippen molar-refractivity contribution in [3.63, 3.8) is 0 Å². The Morgan fingerprint density at radius 1 is 1.69 bits per heavy atom. The van der Waals surface area contributed by atoms with Crippen molar-refractivity contribution in [2.75, 3.05) is 13.1 Å². The number of rotatable bonds is 4. The molecule has 0 aromatic carbocycles. The van der Waals surface area contributed by atoms with Crippen LogP contribution in [0.1, 0.15) is 18.7 Å². The molecule has 1 saturated heterocycles. The van der Waals surface area contributed by atoms with E-state index < -0.39 is 5.97 Å². The average molecular weight is 224 g/mol. The molecule has 16 heavy (non-hydrogen) atoms. The van der Waals surface area contributed by atoms with Crippen LogP contribution in [-0.4, -0.2) is 43.8 Å². The summed E-state index contributed by atoms with van der Waals surface area (Å²) in [6.45, 7) is 2.55. The molecule has 1 atom stereocenters. The molecule has 1 aliphatic rings. The highest BCUT2D eigenvalue weighted by Crippen LogP contribution is 2.20. The summed E-state index contributed by atoms with van der Waals surface area (Å²) in [5, 5.41) is 16.6. The van der Waals surface area contributed by atoms with Crippen LogP contribution in [-0.2, 0) is 18.4 Å². The van der Waals surface area contributed by atoms with Gasteiger partial charge >= 0.3 is 5.97 Å². The van der Waals surface area contributed by atoms with Crippen LogP contribution in [0, 0.1) is 5.92 Å². The number of aliphatic carboxylic acids is 1. The molecular weight excluding hydrogens is 208 g/mol. The number of likely N-dealkylation sites (tertiary alicyclic amines) is 1. The first-order chi connectivity index (χ1) is 7.65. The number of hydrogen-bond donors (Lipinski definition) is 1. The monoisotopic (exact) mass is 224 g/mol. The van der Waals surface area contributed by atoms with Crippen LogP contribution in [0.2, 0.25) is 0 Å². The number of carbonyl (C=O) groups is 1. The van der Waals surface area contributed by atoms with E-state index in [0.717, 1.165) is 31.9 Å². The Balaban J connectivity index is 1.85. The van der Waals surface area contributed by atoms with E-state index in [-0.39, 0.29) is 12.3 Å². The van der Waals surface area contributed by atoms with Crippen molar-refractivity contribution in [2.24, 2.45) is 13.0 Å². The Bertz CT molecular complexity index is 377. The Morgan fingerprint density at radius 2 is 2.50 bits per heavy atom. The molecule has 0 aliphatic carbocycles. The van der Waals surface area contributed by atoms with Gasteiger partial charge in [-0.25, -0.2) is 0 Å². The number of aryl methyl sites for hydroxylation is 1. The van der Waals surface area contributed by atoms with E-state index in [2.05, 4.69) is 15.1 Å². The van der Waals surface area contributed by atoms with Crippen LogP contribution in [0.25, 0.3) is 0 Å². The molecule has 6 nitrogen and oxygen atoms in total. The summed E-state index contributed by atoms with van der Waals surface area (Å²) in [6, 6.07) is 0.